The fourth-order valence-corrected chi connectivity index (χ4v) is 0.517. The van der Waals surface area contributed by atoms with Crippen LogP contribution in [-0.4, -0.2) is 19.9 Å². The smallest absolute Gasteiger partial charge is 0.308 e. The zero-order chi connectivity index (χ0) is 7.98. The van der Waals surface area contributed by atoms with Crippen LogP contribution in [-0.2, 0) is 14.3 Å². The van der Waals surface area contributed by atoms with Crippen LogP contribution in [0.5, 0.6) is 0 Å². The number of esters is 1. The molecule has 0 spiro atoms. The predicted molar refractivity (Wildman–Crippen MR) is 37.4 cm³/mol. The van der Waals surface area contributed by atoms with Gasteiger partial charge in [0.05, 0.1) is 0 Å². The van der Waals surface area contributed by atoms with Gasteiger partial charge in [0.15, 0.2) is 6.79 Å². The van der Waals surface area contributed by atoms with Crippen LogP contribution >= 0.6 is 0 Å². The predicted octanol–water partition coefficient (Wildman–Crippen LogP) is 1.18. The Morgan fingerprint density at radius 3 is 2.50 bits per heavy atom. The molecule has 0 saturated heterocycles. The van der Waals surface area contributed by atoms with Gasteiger partial charge < -0.3 is 9.47 Å². The number of rotatable bonds is 4. The summed E-state index contributed by atoms with van der Waals surface area (Å²) in [5, 5.41) is 0. The highest BCUT2D eigenvalue weighted by atomic mass is 16.7. The van der Waals surface area contributed by atoms with E-state index in [0.29, 0.717) is 12.3 Å². The van der Waals surface area contributed by atoms with Gasteiger partial charge in [-0.3, -0.25) is 4.79 Å². The molecule has 0 unspecified atom stereocenters. The van der Waals surface area contributed by atoms with Crippen molar-refractivity contribution in [2.24, 2.45) is 5.92 Å². The molecular formula is C7H14O3. The molecule has 0 fully saturated rings. The molecule has 0 aliphatic carbocycles. The maximum atomic E-state index is 10.7. The van der Waals surface area contributed by atoms with Gasteiger partial charge in [-0.2, -0.15) is 0 Å². The van der Waals surface area contributed by atoms with Crippen molar-refractivity contribution in [3.05, 3.63) is 0 Å². The van der Waals surface area contributed by atoms with Crippen LogP contribution in [0.1, 0.15) is 20.3 Å². The second-order valence-corrected chi connectivity index (χ2v) is 2.52. The lowest BCUT2D eigenvalue weighted by Crippen LogP contribution is -2.09. The molecule has 0 bridgehead atoms. The summed E-state index contributed by atoms with van der Waals surface area (Å²) in [5.74, 6) is 0.154. The van der Waals surface area contributed by atoms with Crippen molar-refractivity contribution in [1.29, 1.82) is 0 Å². The van der Waals surface area contributed by atoms with E-state index in [-0.39, 0.29) is 12.8 Å². The summed E-state index contributed by atoms with van der Waals surface area (Å²) >= 11 is 0. The van der Waals surface area contributed by atoms with E-state index in [1.54, 1.807) is 0 Å². The van der Waals surface area contributed by atoms with Gasteiger partial charge in [0.1, 0.15) is 0 Å². The molecule has 0 rings (SSSR count). The topological polar surface area (TPSA) is 35.5 Å². The summed E-state index contributed by atoms with van der Waals surface area (Å²) in [4.78, 5) is 10.7. The molecule has 0 heterocycles. The van der Waals surface area contributed by atoms with Crippen LogP contribution in [0.25, 0.3) is 0 Å². The molecule has 10 heavy (non-hydrogen) atoms. The molecule has 0 aromatic carbocycles. The fourth-order valence-electron chi connectivity index (χ4n) is 0.517. The Morgan fingerprint density at radius 2 is 2.10 bits per heavy atom. The average Bonchev–Trinajstić information content (AvgIpc) is 1.82. The molecule has 0 aliphatic heterocycles. The highest BCUT2D eigenvalue weighted by molar-refractivity contribution is 5.69. The zero-order valence-corrected chi connectivity index (χ0v) is 6.72. The first-order chi connectivity index (χ1) is 4.66. The Hall–Kier alpha value is -0.570. The summed E-state index contributed by atoms with van der Waals surface area (Å²) in [6.45, 7) is 3.99. The van der Waals surface area contributed by atoms with Crippen LogP contribution < -0.4 is 0 Å². The van der Waals surface area contributed by atoms with Gasteiger partial charge in [-0.25, -0.2) is 0 Å². The lowest BCUT2D eigenvalue weighted by molar-refractivity contribution is -0.154. The van der Waals surface area contributed by atoms with Crippen LogP contribution in [0.2, 0.25) is 0 Å². The van der Waals surface area contributed by atoms with Crippen molar-refractivity contribution < 1.29 is 14.3 Å². The first-order valence-electron chi connectivity index (χ1n) is 3.31. The van der Waals surface area contributed by atoms with Crippen molar-refractivity contribution in [1.82, 2.24) is 0 Å². The Kier molecular flexibility index (Phi) is 4.94. The first kappa shape index (κ1) is 9.43. The van der Waals surface area contributed by atoms with Crippen molar-refractivity contribution >= 4 is 5.97 Å². The van der Waals surface area contributed by atoms with Gasteiger partial charge in [0.25, 0.3) is 0 Å². The zero-order valence-electron chi connectivity index (χ0n) is 6.72. The Bertz CT molecular complexity index is 99.0. The van der Waals surface area contributed by atoms with E-state index in [0.717, 1.165) is 0 Å². The second kappa shape index (κ2) is 5.23. The van der Waals surface area contributed by atoms with Gasteiger partial charge in [0.2, 0.25) is 0 Å². The highest BCUT2D eigenvalue weighted by Gasteiger charge is 2.04. The van der Waals surface area contributed by atoms with Crippen LogP contribution in [0.4, 0.5) is 0 Å². The summed E-state index contributed by atoms with van der Waals surface area (Å²) < 4.78 is 9.19. The monoisotopic (exact) mass is 146 g/mol. The lowest BCUT2D eigenvalue weighted by atomic mass is 10.1. The van der Waals surface area contributed by atoms with E-state index in [2.05, 4.69) is 9.47 Å². The maximum absolute atomic E-state index is 10.7. The van der Waals surface area contributed by atoms with Crippen LogP contribution in [0.15, 0.2) is 0 Å². The summed E-state index contributed by atoms with van der Waals surface area (Å²) in [6, 6.07) is 0. The van der Waals surface area contributed by atoms with Crippen molar-refractivity contribution in [2.45, 2.75) is 20.3 Å². The first-order valence-corrected chi connectivity index (χ1v) is 3.31. The third kappa shape index (κ3) is 5.56. The number of carbonyl (C=O) groups excluding carboxylic acids is 1. The molecular weight excluding hydrogens is 132 g/mol. The Balaban J connectivity index is 3.26. The molecule has 0 amide bonds. The normalized spacial score (nSPS) is 10.0. The van der Waals surface area contributed by atoms with E-state index >= 15 is 0 Å². The standard InChI is InChI=1S/C7H14O3/c1-6(2)4-7(8)10-5-9-3/h6H,4-5H2,1-3H3. The molecule has 0 aliphatic rings. The molecule has 0 saturated carbocycles. The Labute approximate surface area is 61.3 Å². The van der Waals surface area contributed by atoms with Crippen molar-refractivity contribution in [3.8, 4) is 0 Å². The van der Waals surface area contributed by atoms with Gasteiger partial charge in [-0.1, -0.05) is 13.8 Å². The highest BCUT2D eigenvalue weighted by Crippen LogP contribution is 2.00. The molecule has 0 N–H and O–H groups in total. The summed E-state index contributed by atoms with van der Waals surface area (Å²) in [6.07, 6.45) is 0.462. The van der Waals surface area contributed by atoms with Gasteiger partial charge >= 0.3 is 5.97 Å². The summed E-state index contributed by atoms with van der Waals surface area (Å²) in [7, 11) is 1.49. The molecule has 0 radical (unpaired) electrons. The third-order valence-corrected chi connectivity index (χ3v) is 0.913. The van der Waals surface area contributed by atoms with Crippen molar-refractivity contribution in [2.75, 3.05) is 13.9 Å². The van der Waals surface area contributed by atoms with E-state index in [1.165, 1.54) is 7.11 Å². The number of ether oxygens (including phenoxy) is 2. The van der Waals surface area contributed by atoms with Crippen LogP contribution in [0.3, 0.4) is 0 Å². The van der Waals surface area contributed by atoms with Crippen LogP contribution in [0, 0.1) is 5.92 Å². The SMILES string of the molecule is COCOC(=O)CC(C)C. The maximum Gasteiger partial charge on any atom is 0.308 e. The quantitative estimate of drug-likeness (QED) is 0.441. The fraction of sp³-hybridized carbons (Fsp3) is 0.857. The van der Waals surface area contributed by atoms with Gasteiger partial charge in [-0.15, -0.1) is 0 Å². The number of hydrogen-bond acceptors (Lipinski definition) is 3. The number of carbonyl (C=O) groups is 1. The molecule has 0 aromatic rings. The summed E-state index contributed by atoms with van der Waals surface area (Å²) in [5.41, 5.74) is 0. The Morgan fingerprint density at radius 1 is 1.50 bits per heavy atom. The van der Waals surface area contributed by atoms with Gasteiger partial charge in [0, 0.05) is 13.5 Å². The van der Waals surface area contributed by atoms with E-state index in [4.69, 9.17) is 0 Å². The molecule has 3 heteroatoms. The lowest BCUT2D eigenvalue weighted by Gasteiger charge is -2.04. The molecule has 0 atom stereocenters. The van der Waals surface area contributed by atoms with Crippen molar-refractivity contribution in [3.63, 3.8) is 0 Å². The molecule has 60 valence electrons. The van der Waals surface area contributed by atoms with E-state index in [1.807, 2.05) is 13.8 Å². The minimum absolute atomic E-state index is 0.0611. The molecule has 0 aromatic heterocycles. The average molecular weight is 146 g/mol. The number of methoxy groups -OCH3 is 1. The minimum Gasteiger partial charge on any atom is -0.438 e. The number of hydrogen-bond donors (Lipinski definition) is 0. The van der Waals surface area contributed by atoms with Gasteiger partial charge in [-0.05, 0) is 5.92 Å². The molecule has 3 nitrogen and oxygen atoms in total. The van der Waals surface area contributed by atoms with E-state index in [9.17, 15) is 4.79 Å². The third-order valence-electron chi connectivity index (χ3n) is 0.913. The minimum atomic E-state index is -0.197. The largest absolute Gasteiger partial charge is 0.438 e. The second-order valence-electron chi connectivity index (χ2n) is 2.52. The van der Waals surface area contributed by atoms with E-state index < -0.39 is 0 Å².